The fraction of sp³-hybridized carbons (Fsp3) is 0.250. The molecular formula is C24H22ClN3O5S4. The molecule has 1 aliphatic rings. The number of sulfone groups is 1. The number of sulfonamides is 1. The highest BCUT2D eigenvalue weighted by molar-refractivity contribution is 7.91. The van der Waals surface area contributed by atoms with Crippen LogP contribution in [0.15, 0.2) is 69.8 Å². The molecule has 1 amide bonds. The first-order valence-corrected chi connectivity index (χ1v) is 16.6. The number of rotatable bonds is 7. The lowest BCUT2D eigenvalue weighted by molar-refractivity contribution is -0.121. The lowest BCUT2D eigenvalue weighted by Crippen LogP contribution is -2.47. The average molecular weight is 596 g/mol. The first-order valence-electron chi connectivity index (χ1n) is 11.3. The zero-order valence-electron chi connectivity index (χ0n) is 19.6. The Morgan fingerprint density at radius 3 is 2.51 bits per heavy atom. The molecule has 4 aromatic rings. The molecule has 2 aromatic carbocycles. The Kier molecular flexibility index (Phi) is 7.16. The van der Waals surface area contributed by atoms with Crippen LogP contribution in [0.2, 0.25) is 4.34 Å². The predicted molar refractivity (Wildman–Crippen MR) is 147 cm³/mol. The fourth-order valence-electron chi connectivity index (χ4n) is 4.25. The van der Waals surface area contributed by atoms with Gasteiger partial charge in [0.1, 0.15) is 10.3 Å². The van der Waals surface area contributed by atoms with E-state index in [2.05, 4.69) is 4.98 Å². The molecule has 5 rings (SSSR count). The van der Waals surface area contributed by atoms with Gasteiger partial charge in [0.15, 0.2) is 15.0 Å². The number of halogens is 1. The van der Waals surface area contributed by atoms with Crippen molar-refractivity contribution in [1.29, 1.82) is 0 Å². The third-order valence-corrected chi connectivity index (χ3v) is 11.8. The van der Waals surface area contributed by atoms with Crippen molar-refractivity contribution in [2.45, 2.75) is 34.5 Å². The molecule has 0 aliphatic carbocycles. The molecule has 0 saturated carbocycles. The molecule has 0 N–H and O–H groups in total. The van der Waals surface area contributed by atoms with Crippen LogP contribution < -0.4 is 4.90 Å². The minimum Gasteiger partial charge on any atom is -0.282 e. The van der Waals surface area contributed by atoms with Crippen LogP contribution in [-0.4, -0.2) is 50.9 Å². The van der Waals surface area contributed by atoms with Crippen molar-refractivity contribution in [2.75, 3.05) is 17.7 Å². The molecule has 1 aliphatic heterocycles. The predicted octanol–water partition coefficient (Wildman–Crippen LogP) is 4.80. The second-order valence-corrected chi connectivity index (χ2v) is 15.5. The van der Waals surface area contributed by atoms with Gasteiger partial charge in [0.05, 0.1) is 26.0 Å². The minimum atomic E-state index is -3.91. The number of thiazole rings is 1. The number of fused-ring (bicyclic) bond motifs is 1. The van der Waals surface area contributed by atoms with Gasteiger partial charge < -0.3 is 0 Å². The van der Waals surface area contributed by atoms with Crippen molar-refractivity contribution >= 4 is 75.4 Å². The molecule has 13 heteroatoms. The topological polar surface area (TPSA) is 105 Å². The number of carbonyl (C=O) groups excluding carboxylic acids is 1. The number of thiophene rings is 1. The molecule has 8 nitrogen and oxygen atoms in total. The van der Waals surface area contributed by atoms with Crippen molar-refractivity contribution < 1.29 is 21.6 Å². The second-order valence-electron chi connectivity index (χ2n) is 8.64. The van der Waals surface area contributed by atoms with Gasteiger partial charge in [0.25, 0.3) is 10.0 Å². The minimum absolute atomic E-state index is 0.0973. The fourth-order valence-corrected chi connectivity index (χ4v) is 9.25. The van der Waals surface area contributed by atoms with E-state index >= 15 is 0 Å². The third-order valence-electron chi connectivity index (χ3n) is 6.06. The summed E-state index contributed by atoms with van der Waals surface area (Å²) < 4.78 is 53.2. The summed E-state index contributed by atoms with van der Waals surface area (Å²) in [5.74, 6) is -0.380. The van der Waals surface area contributed by atoms with Gasteiger partial charge in [-0.05, 0) is 48.7 Å². The molecule has 0 bridgehead atoms. The normalized spacial score (nSPS) is 16.9. The van der Waals surface area contributed by atoms with E-state index in [0.29, 0.717) is 32.5 Å². The average Bonchev–Trinajstić information content (AvgIpc) is 3.61. The smallest absolute Gasteiger partial charge is 0.253 e. The van der Waals surface area contributed by atoms with E-state index in [-0.39, 0.29) is 28.1 Å². The van der Waals surface area contributed by atoms with Crippen LogP contribution in [0.25, 0.3) is 10.2 Å². The number of hydrogen-bond acceptors (Lipinski definition) is 8. The summed E-state index contributed by atoms with van der Waals surface area (Å²) in [5.41, 5.74) is 1.41. The number of nitrogens with zero attached hydrogens (tertiary/aromatic N) is 3. The number of amides is 1. The maximum Gasteiger partial charge on any atom is 0.253 e. The number of hydrogen-bond donors (Lipinski definition) is 0. The summed E-state index contributed by atoms with van der Waals surface area (Å²) in [6.45, 7) is 0.415. The van der Waals surface area contributed by atoms with Crippen LogP contribution >= 0.6 is 34.3 Å². The first-order chi connectivity index (χ1) is 17.5. The quantitative estimate of drug-likeness (QED) is 0.304. The van der Waals surface area contributed by atoms with E-state index in [0.717, 1.165) is 23.2 Å². The SMILES string of the molecule is CS(=O)(=O)c1ccc2nc(N(Cc3ccccc3)C(=O)C3CCCN3S(=O)(=O)c3ccc(Cl)s3)sc2c1. The lowest BCUT2D eigenvalue weighted by atomic mass is 10.1. The van der Waals surface area contributed by atoms with Crippen molar-refractivity contribution in [1.82, 2.24) is 9.29 Å². The van der Waals surface area contributed by atoms with Crippen molar-refractivity contribution in [3.63, 3.8) is 0 Å². The van der Waals surface area contributed by atoms with E-state index in [4.69, 9.17) is 11.6 Å². The monoisotopic (exact) mass is 595 g/mol. The van der Waals surface area contributed by atoms with Crippen LogP contribution in [-0.2, 0) is 31.2 Å². The zero-order chi connectivity index (χ0) is 26.4. The number of anilines is 1. The molecular weight excluding hydrogens is 574 g/mol. The Balaban J connectivity index is 1.54. The van der Waals surface area contributed by atoms with Crippen molar-refractivity contribution in [3.8, 4) is 0 Å². The third kappa shape index (κ3) is 5.31. The summed E-state index contributed by atoms with van der Waals surface area (Å²) in [6.07, 6.45) is 2.06. The molecule has 0 radical (unpaired) electrons. The van der Waals surface area contributed by atoms with E-state index in [1.54, 1.807) is 12.1 Å². The molecule has 194 valence electrons. The van der Waals surface area contributed by atoms with Gasteiger partial charge in [-0.3, -0.25) is 9.69 Å². The van der Waals surface area contributed by atoms with Crippen molar-refractivity contribution in [3.05, 3.63) is 70.6 Å². The molecule has 1 fully saturated rings. The Morgan fingerprint density at radius 1 is 1.08 bits per heavy atom. The molecule has 1 saturated heterocycles. The standard InChI is InChI=1S/C24H22ClN3O5S4/c1-36(30,31)17-9-10-18-20(14-17)34-24(26-18)27(15-16-6-3-2-4-7-16)23(29)19-8-5-13-28(19)37(32,33)22-12-11-21(25)35-22/h2-4,6-7,9-12,14,19H,5,8,13,15H2,1H3. The van der Waals surface area contributed by atoms with Gasteiger partial charge in [0.2, 0.25) is 5.91 Å². The van der Waals surface area contributed by atoms with Gasteiger partial charge in [-0.25, -0.2) is 21.8 Å². The Bertz CT molecular complexity index is 1680. The zero-order valence-corrected chi connectivity index (χ0v) is 23.6. The van der Waals surface area contributed by atoms with Gasteiger partial charge in [0, 0.05) is 12.8 Å². The van der Waals surface area contributed by atoms with Gasteiger partial charge in [-0.15, -0.1) is 11.3 Å². The van der Waals surface area contributed by atoms with Gasteiger partial charge in [-0.1, -0.05) is 53.3 Å². The van der Waals surface area contributed by atoms with Gasteiger partial charge in [-0.2, -0.15) is 4.31 Å². The summed E-state index contributed by atoms with van der Waals surface area (Å²) >= 11 is 8.14. The highest BCUT2D eigenvalue weighted by Crippen LogP contribution is 2.36. The number of aromatic nitrogens is 1. The molecule has 1 unspecified atom stereocenters. The Labute approximate surface area is 228 Å². The molecule has 37 heavy (non-hydrogen) atoms. The van der Waals surface area contributed by atoms with E-state index in [9.17, 15) is 21.6 Å². The number of benzene rings is 2. The molecule has 0 spiro atoms. The Morgan fingerprint density at radius 2 is 1.84 bits per heavy atom. The lowest BCUT2D eigenvalue weighted by Gasteiger charge is -2.28. The van der Waals surface area contributed by atoms with Gasteiger partial charge >= 0.3 is 0 Å². The molecule has 2 aromatic heterocycles. The van der Waals surface area contributed by atoms with Crippen LogP contribution in [0.1, 0.15) is 18.4 Å². The van der Waals surface area contributed by atoms with Crippen molar-refractivity contribution in [2.24, 2.45) is 0 Å². The highest BCUT2D eigenvalue weighted by atomic mass is 35.5. The van der Waals surface area contributed by atoms with Crippen LogP contribution in [0.4, 0.5) is 5.13 Å². The van der Waals surface area contributed by atoms with Crippen LogP contribution in [0.5, 0.6) is 0 Å². The van der Waals surface area contributed by atoms with E-state index in [1.165, 1.54) is 38.7 Å². The first kappa shape index (κ1) is 26.3. The maximum atomic E-state index is 14.0. The van der Waals surface area contributed by atoms with E-state index in [1.807, 2.05) is 30.3 Å². The van der Waals surface area contributed by atoms with Crippen LogP contribution in [0, 0.1) is 0 Å². The summed E-state index contributed by atoms with van der Waals surface area (Å²) in [4.78, 5) is 20.3. The largest absolute Gasteiger partial charge is 0.282 e. The number of carbonyl (C=O) groups is 1. The summed E-state index contributed by atoms with van der Waals surface area (Å²) in [6, 6.07) is 16.1. The summed E-state index contributed by atoms with van der Waals surface area (Å²) in [5, 5.41) is 0.373. The summed E-state index contributed by atoms with van der Waals surface area (Å²) in [7, 11) is -7.33. The van der Waals surface area contributed by atoms with E-state index < -0.39 is 25.9 Å². The maximum absolute atomic E-state index is 14.0. The molecule has 1 atom stereocenters. The molecule has 3 heterocycles. The Hall–Kier alpha value is -2.35. The highest BCUT2D eigenvalue weighted by Gasteiger charge is 2.42. The second kappa shape index (κ2) is 10.1. The van der Waals surface area contributed by atoms with Crippen LogP contribution in [0.3, 0.4) is 0 Å².